The number of aliphatic carboxylic acids is 1. The summed E-state index contributed by atoms with van der Waals surface area (Å²) in [6, 6.07) is 7.35. The molecule has 5 heteroatoms. The van der Waals surface area contributed by atoms with Crippen LogP contribution in [0.1, 0.15) is 17.3 Å². The van der Waals surface area contributed by atoms with E-state index in [0.29, 0.717) is 0 Å². The molecule has 0 aliphatic carbocycles. The van der Waals surface area contributed by atoms with Gasteiger partial charge in [0.25, 0.3) is 0 Å². The van der Waals surface area contributed by atoms with Gasteiger partial charge in [0.15, 0.2) is 0 Å². The van der Waals surface area contributed by atoms with Crippen LogP contribution in [-0.4, -0.2) is 59.1 Å². The zero-order valence-electron chi connectivity index (χ0n) is 12.5. The van der Waals surface area contributed by atoms with E-state index in [1.54, 1.807) is 0 Å². The lowest BCUT2D eigenvalue weighted by Gasteiger charge is -2.36. The van der Waals surface area contributed by atoms with Crippen molar-refractivity contribution in [2.24, 2.45) is 0 Å². The summed E-state index contributed by atoms with van der Waals surface area (Å²) in [5.74, 6) is -0.771. The van der Waals surface area contributed by atoms with Gasteiger partial charge in [-0.15, -0.1) is 0 Å². The van der Waals surface area contributed by atoms with E-state index in [0.717, 1.165) is 48.3 Å². The predicted molar refractivity (Wildman–Crippen MR) is 82.5 cm³/mol. The lowest BCUT2D eigenvalue weighted by Crippen LogP contribution is -2.47. The Labute approximate surface area is 124 Å². The summed E-state index contributed by atoms with van der Waals surface area (Å²) in [6.07, 6.45) is 0. The number of nitrogens with zero attached hydrogens (tertiary/aromatic N) is 2. The van der Waals surface area contributed by atoms with Gasteiger partial charge >= 0.3 is 5.97 Å². The number of H-pyrrole nitrogens is 1. The second-order valence-electron chi connectivity index (χ2n) is 5.79. The molecular weight excluding hydrogens is 266 g/mol. The fraction of sp³-hybridized carbons (Fsp3) is 0.438. The van der Waals surface area contributed by atoms with Crippen molar-refractivity contribution in [2.45, 2.75) is 13.0 Å². The molecule has 1 aromatic carbocycles. The summed E-state index contributed by atoms with van der Waals surface area (Å²) in [7, 11) is 2.07. The van der Waals surface area contributed by atoms with Crippen LogP contribution in [0.15, 0.2) is 24.3 Å². The summed E-state index contributed by atoms with van der Waals surface area (Å²) in [5.41, 5.74) is 2.86. The molecule has 0 bridgehead atoms. The number of carboxylic acid groups (broad SMARTS) is 1. The number of carboxylic acids is 1. The highest BCUT2D eigenvalue weighted by Crippen LogP contribution is 2.32. The van der Waals surface area contributed by atoms with Crippen LogP contribution in [0.2, 0.25) is 0 Å². The van der Waals surface area contributed by atoms with Crippen LogP contribution < -0.4 is 0 Å². The Bertz CT molecular complexity index is 657. The molecule has 2 heterocycles. The van der Waals surface area contributed by atoms with Crippen molar-refractivity contribution in [1.29, 1.82) is 0 Å². The second kappa shape index (κ2) is 5.50. The van der Waals surface area contributed by atoms with Gasteiger partial charge in [-0.3, -0.25) is 9.69 Å². The minimum absolute atomic E-state index is 0.574. The molecule has 1 fully saturated rings. The maximum Gasteiger partial charge on any atom is 0.325 e. The van der Waals surface area contributed by atoms with Crippen molar-refractivity contribution < 1.29 is 9.90 Å². The van der Waals surface area contributed by atoms with Crippen LogP contribution in [0, 0.1) is 6.92 Å². The van der Waals surface area contributed by atoms with Crippen LogP contribution in [-0.2, 0) is 4.79 Å². The van der Waals surface area contributed by atoms with Crippen LogP contribution in [0.25, 0.3) is 10.9 Å². The molecule has 0 radical (unpaired) electrons. The molecule has 1 atom stereocenters. The molecule has 1 aromatic heterocycles. The van der Waals surface area contributed by atoms with Gasteiger partial charge in [0, 0.05) is 48.3 Å². The molecule has 3 rings (SSSR count). The maximum absolute atomic E-state index is 11.9. The van der Waals surface area contributed by atoms with E-state index in [-0.39, 0.29) is 0 Å². The molecule has 2 N–H and O–H groups in total. The summed E-state index contributed by atoms with van der Waals surface area (Å²) in [5, 5.41) is 10.8. The number of aromatic amines is 1. The first-order valence-corrected chi connectivity index (χ1v) is 7.30. The fourth-order valence-corrected chi connectivity index (χ4v) is 3.19. The first-order chi connectivity index (χ1) is 10.1. The van der Waals surface area contributed by atoms with Crippen molar-refractivity contribution >= 4 is 16.9 Å². The quantitative estimate of drug-likeness (QED) is 0.904. The molecule has 2 aromatic rings. The molecule has 0 spiro atoms. The number of hydrogen-bond acceptors (Lipinski definition) is 3. The Morgan fingerprint density at radius 1 is 1.24 bits per heavy atom. The first-order valence-electron chi connectivity index (χ1n) is 7.30. The fourth-order valence-electron chi connectivity index (χ4n) is 3.19. The number of piperazine rings is 1. The summed E-state index contributed by atoms with van der Waals surface area (Å²) < 4.78 is 0. The number of likely N-dealkylation sites (N-methyl/N-ethyl adjacent to an activating group) is 1. The van der Waals surface area contributed by atoms with E-state index < -0.39 is 12.0 Å². The molecule has 112 valence electrons. The normalized spacial score (nSPS) is 19.0. The van der Waals surface area contributed by atoms with Gasteiger partial charge in [-0.1, -0.05) is 18.2 Å². The van der Waals surface area contributed by atoms with Gasteiger partial charge < -0.3 is 15.0 Å². The van der Waals surface area contributed by atoms with Crippen molar-refractivity contribution in [1.82, 2.24) is 14.8 Å². The van der Waals surface area contributed by atoms with E-state index in [4.69, 9.17) is 0 Å². The minimum Gasteiger partial charge on any atom is -0.480 e. The average Bonchev–Trinajstić information content (AvgIpc) is 2.78. The number of aromatic nitrogens is 1. The molecule has 0 amide bonds. The molecule has 5 nitrogen and oxygen atoms in total. The van der Waals surface area contributed by atoms with Crippen LogP contribution in [0.4, 0.5) is 0 Å². The zero-order valence-corrected chi connectivity index (χ0v) is 12.5. The maximum atomic E-state index is 11.9. The highest BCUT2D eigenvalue weighted by molar-refractivity contribution is 5.90. The van der Waals surface area contributed by atoms with Gasteiger partial charge in [0.05, 0.1) is 0 Å². The molecule has 0 saturated carbocycles. The van der Waals surface area contributed by atoms with Crippen molar-refractivity contribution in [3.63, 3.8) is 0 Å². The molecule has 1 aliphatic heterocycles. The highest BCUT2D eigenvalue weighted by atomic mass is 16.4. The first kappa shape index (κ1) is 14.1. The average molecular weight is 287 g/mol. The Hall–Kier alpha value is -1.85. The second-order valence-corrected chi connectivity index (χ2v) is 5.79. The van der Waals surface area contributed by atoms with Gasteiger partial charge in [0.1, 0.15) is 6.04 Å². The van der Waals surface area contributed by atoms with Gasteiger partial charge in [0.2, 0.25) is 0 Å². The lowest BCUT2D eigenvalue weighted by atomic mass is 10.0. The lowest BCUT2D eigenvalue weighted by molar-refractivity contribution is -0.144. The molecule has 21 heavy (non-hydrogen) atoms. The van der Waals surface area contributed by atoms with E-state index in [1.165, 1.54) is 0 Å². The van der Waals surface area contributed by atoms with Crippen LogP contribution >= 0.6 is 0 Å². The summed E-state index contributed by atoms with van der Waals surface area (Å²) in [6.45, 7) is 5.34. The number of carbonyl (C=O) groups is 1. The third kappa shape index (κ3) is 2.54. The van der Waals surface area contributed by atoms with E-state index >= 15 is 0 Å². The smallest absolute Gasteiger partial charge is 0.325 e. The number of fused-ring (bicyclic) bond motifs is 1. The molecule has 1 saturated heterocycles. The topological polar surface area (TPSA) is 59.6 Å². The van der Waals surface area contributed by atoms with Crippen molar-refractivity contribution in [2.75, 3.05) is 33.2 Å². The summed E-state index contributed by atoms with van der Waals surface area (Å²) >= 11 is 0. The van der Waals surface area contributed by atoms with Crippen LogP contribution in [0.5, 0.6) is 0 Å². The minimum atomic E-state index is -0.771. The number of benzene rings is 1. The molecule has 0 unspecified atom stereocenters. The number of para-hydroxylation sites is 1. The Morgan fingerprint density at radius 2 is 1.90 bits per heavy atom. The summed E-state index contributed by atoms with van der Waals surface area (Å²) in [4.78, 5) is 19.5. The number of nitrogens with one attached hydrogen (secondary N) is 1. The van der Waals surface area contributed by atoms with E-state index in [9.17, 15) is 9.90 Å². The SMILES string of the molecule is Cc1[nH]c2ccccc2c1[C@H](C(=O)O)N1CCN(C)CC1. The Morgan fingerprint density at radius 3 is 2.57 bits per heavy atom. The van der Waals surface area contributed by atoms with E-state index in [2.05, 4.69) is 21.8 Å². The molecular formula is C16H21N3O2. The monoisotopic (exact) mass is 287 g/mol. The van der Waals surface area contributed by atoms with Crippen LogP contribution in [0.3, 0.4) is 0 Å². The number of aryl methyl sites for hydroxylation is 1. The Kier molecular flexibility index (Phi) is 3.69. The van der Waals surface area contributed by atoms with E-state index in [1.807, 2.05) is 31.2 Å². The van der Waals surface area contributed by atoms with Crippen molar-refractivity contribution in [3.05, 3.63) is 35.5 Å². The number of hydrogen-bond donors (Lipinski definition) is 2. The zero-order chi connectivity index (χ0) is 15.0. The third-order valence-electron chi connectivity index (χ3n) is 4.35. The predicted octanol–water partition coefficient (Wildman–Crippen LogP) is 1.85. The van der Waals surface area contributed by atoms with Gasteiger partial charge in [-0.05, 0) is 20.0 Å². The van der Waals surface area contributed by atoms with Crippen molar-refractivity contribution in [3.8, 4) is 0 Å². The molecule has 1 aliphatic rings. The highest BCUT2D eigenvalue weighted by Gasteiger charge is 2.32. The largest absolute Gasteiger partial charge is 0.480 e. The van der Waals surface area contributed by atoms with Gasteiger partial charge in [-0.25, -0.2) is 0 Å². The standard InChI is InChI=1S/C16H21N3O2/c1-11-14(12-5-3-4-6-13(12)17-11)15(16(20)21)19-9-7-18(2)8-10-19/h3-6,15,17H,7-10H2,1-2H3,(H,20,21)/t15-/m1/s1. The van der Waals surface area contributed by atoms with Gasteiger partial charge in [-0.2, -0.15) is 0 Å². The Balaban J connectivity index is 2.04. The third-order valence-corrected chi connectivity index (χ3v) is 4.35. The number of rotatable bonds is 3.